The van der Waals surface area contributed by atoms with Crippen LogP contribution in [0.4, 0.5) is 0 Å². The molecule has 0 spiro atoms. The van der Waals surface area contributed by atoms with Gasteiger partial charge in [-0.1, -0.05) is 11.6 Å². The van der Waals surface area contributed by atoms with Crippen LogP contribution in [0.5, 0.6) is 5.75 Å². The summed E-state index contributed by atoms with van der Waals surface area (Å²) in [6.07, 6.45) is 0. The van der Waals surface area contributed by atoms with E-state index in [0.717, 1.165) is 25.1 Å². The topological polar surface area (TPSA) is 35.0 Å². The van der Waals surface area contributed by atoms with Crippen LogP contribution in [0, 0.1) is 3.57 Å². The van der Waals surface area contributed by atoms with Gasteiger partial charge in [0.2, 0.25) is 0 Å². The van der Waals surface area contributed by atoms with Gasteiger partial charge in [-0.25, -0.2) is 9.97 Å². The third kappa shape index (κ3) is 2.42. The minimum absolute atomic E-state index is 0.467. The summed E-state index contributed by atoms with van der Waals surface area (Å²) >= 11 is 10.0. The highest BCUT2D eigenvalue weighted by Crippen LogP contribution is 2.35. The molecule has 0 atom stereocenters. The van der Waals surface area contributed by atoms with Crippen LogP contribution in [0.1, 0.15) is 0 Å². The molecule has 0 bridgehead atoms. The molecule has 0 saturated heterocycles. The molecule has 19 heavy (non-hydrogen) atoms. The van der Waals surface area contributed by atoms with E-state index in [4.69, 9.17) is 16.3 Å². The standard InChI is InChI=1S/C13H8ClIN2OS/c1-18-10-4-5-19-11(10)13-16-9-3-2-7(15)6-8(9)12(14)17-13/h2-6H,1H3. The lowest BCUT2D eigenvalue weighted by molar-refractivity contribution is 0.418. The van der Waals surface area contributed by atoms with Crippen LogP contribution in [-0.2, 0) is 0 Å². The van der Waals surface area contributed by atoms with Crippen LogP contribution in [0.25, 0.3) is 21.6 Å². The molecule has 0 aliphatic heterocycles. The number of thiophene rings is 1. The van der Waals surface area contributed by atoms with E-state index in [-0.39, 0.29) is 0 Å². The van der Waals surface area contributed by atoms with Crippen LogP contribution in [-0.4, -0.2) is 17.1 Å². The molecule has 2 heterocycles. The van der Waals surface area contributed by atoms with E-state index in [9.17, 15) is 0 Å². The smallest absolute Gasteiger partial charge is 0.175 e. The van der Waals surface area contributed by atoms with Crippen molar-refractivity contribution in [3.63, 3.8) is 0 Å². The summed E-state index contributed by atoms with van der Waals surface area (Å²) in [5.41, 5.74) is 0.839. The molecule has 0 N–H and O–H groups in total. The summed E-state index contributed by atoms with van der Waals surface area (Å²) in [6.45, 7) is 0. The van der Waals surface area contributed by atoms with Gasteiger partial charge in [0.25, 0.3) is 0 Å². The molecule has 0 unspecified atom stereocenters. The first-order chi connectivity index (χ1) is 9.19. The van der Waals surface area contributed by atoms with Gasteiger partial charge in [0.15, 0.2) is 5.82 Å². The Bertz CT molecular complexity index is 759. The summed E-state index contributed by atoms with van der Waals surface area (Å²) in [5.74, 6) is 1.37. The number of aromatic nitrogens is 2. The molecule has 3 rings (SSSR count). The second kappa shape index (κ2) is 5.22. The molecule has 2 aromatic heterocycles. The van der Waals surface area contributed by atoms with Crippen molar-refractivity contribution in [2.75, 3.05) is 7.11 Å². The maximum Gasteiger partial charge on any atom is 0.175 e. The number of nitrogens with zero attached hydrogens (tertiary/aromatic N) is 2. The summed E-state index contributed by atoms with van der Waals surface area (Å²) in [7, 11) is 1.64. The van der Waals surface area contributed by atoms with Crippen molar-refractivity contribution in [2.45, 2.75) is 0 Å². The molecule has 3 aromatic rings. The van der Waals surface area contributed by atoms with Gasteiger partial charge in [-0.2, -0.15) is 0 Å². The summed E-state index contributed by atoms with van der Waals surface area (Å²) < 4.78 is 6.41. The first-order valence-corrected chi connectivity index (χ1v) is 7.77. The fraction of sp³-hybridized carbons (Fsp3) is 0.0769. The largest absolute Gasteiger partial charge is 0.495 e. The molecule has 0 saturated carbocycles. The first-order valence-electron chi connectivity index (χ1n) is 5.43. The van der Waals surface area contributed by atoms with Crippen LogP contribution >= 0.6 is 45.5 Å². The second-order valence-electron chi connectivity index (χ2n) is 3.82. The molecular weight excluding hydrogens is 395 g/mol. The van der Waals surface area contributed by atoms with Crippen molar-refractivity contribution < 1.29 is 4.74 Å². The number of halogens is 2. The predicted molar refractivity (Wildman–Crippen MR) is 87.1 cm³/mol. The second-order valence-corrected chi connectivity index (χ2v) is 6.34. The summed E-state index contributed by atoms with van der Waals surface area (Å²) in [4.78, 5) is 9.83. The number of fused-ring (bicyclic) bond motifs is 1. The minimum Gasteiger partial charge on any atom is -0.495 e. The predicted octanol–water partition coefficient (Wildman–Crippen LogP) is 4.62. The molecule has 3 nitrogen and oxygen atoms in total. The van der Waals surface area contributed by atoms with E-state index >= 15 is 0 Å². The third-order valence-corrected chi connectivity index (χ3v) is 4.51. The fourth-order valence-corrected chi connectivity index (χ4v) is 3.30. The van der Waals surface area contributed by atoms with Crippen molar-refractivity contribution in [3.05, 3.63) is 38.4 Å². The Labute approximate surface area is 132 Å². The van der Waals surface area contributed by atoms with Crippen molar-refractivity contribution in [1.82, 2.24) is 9.97 Å². The average Bonchev–Trinajstić information content (AvgIpc) is 2.87. The van der Waals surface area contributed by atoms with Gasteiger partial charge >= 0.3 is 0 Å². The Balaban J connectivity index is 2.24. The van der Waals surface area contributed by atoms with Crippen molar-refractivity contribution in [1.29, 1.82) is 0 Å². The monoisotopic (exact) mass is 402 g/mol. The van der Waals surface area contributed by atoms with Gasteiger partial charge in [-0.15, -0.1) is 11.3 Å². The fourth-order valence-electron chi connectivity index (χ4n) is 1.79. The Kier molecular flexibility index (Phi) is 3.60. The zero-order chi connectivity index (χ0) is 13.4. The van der Waals surface area contributed by atoms with Crippen molar-refractivity contribution in [2.24, 2.45) is 0 Å². The SMILES string of the molecule is COc1ccsc1-c1nc(Cl)c2cc(I)ccc2n1. The Morgan fingerprint density at radius 1 is 1.26 bits per heavy atom. The number of rotatable bonds is 2. The number of methoxy groups -OCH3 is 1. The summed E-state index contributed by atoms with van der Waals surface area (Å²) in [5, 5.41) is 3.28. The first kappa shape index (κ1) is 13.1. The molecule has 1 aromatic carbocycles. The summed E-state index contributed by atoms with van der Waals surface area (Å²) in [6, 6.07) is 7.83. The zero-order valence-electron chi connectivity index (χ0n) is 9.85. The molecule has 6 heteroatoms. The van der Waals surface area contributed by atoms with E-state index in [2.05, 4.69) is 32.6 Å². The quantitative estimate of drug-likeness (QED) is 0.463. The Morgan fingerprint density at radius 3 is 2.89 bits per heavy atom. The molecule has 0 aliphatic carbocycles. The third-order valence-electron chi connectivity index (χ3n) is 2.66. The van der Waals surface area contributed by atoms with Crippen LogP contribution in [0.15, 0.2) is 29.6 Å². The van der Waals surface area contributed by atoms with Crippen molar-refractivity contribution in [3.8, 4) is 16.5 Å². The number of ether oxygens (including phenoxy) is 1. The van der Waals surface area contributed by atoms with Gasteiger partial charge in [0.1, 0.15) is 15.8 Å². The number of hydrogen-bond acceptors (Lipinski definition) is 4. The lowest BCUT2D eigenvalue weighted by Gasteiger charge is -2.05. The lowest BCUT2D eigenvalue weighted by Crippen LogP contribution is -1.92. The maximum absolute atomic E-state index is 6.26. The van der Waals surface area contributed by atoms with Gasteiger partial charge in [0, 0.05) is 8.96 Å². The van der Waals surface area contributed by atoms with Crippen LogP contribution < -0.4 is 4.74 Å². The Morgan fingerprint density at radius 2 is 2.11 bits per heavy atom. The molecule has 96 valence electrons. The highest BCUT2D eigenvalue weighted by molar-refractivity contribution is 14.1. The van der Waals surface area contributed by atoms with Gasteiger partial charge in [-0.05, 0) is 52.2 Å². The molecule has 0 amide bonds. The van der Waals surface area contributed by atoms with Gasteiger partial charge < -0.3 is 4.74 Å². The maximum atomic E-state index is 6.26. The normalized spacial score (nSPS) is 10.9. The van der Waals surface area contributed by atoms with E-state index in [1.54, 1.807) is 7.11 Å². The van der Waals surface area contributed by atoms with E-state index in [1.807, 2.05) is 29.6 Å². The highest BCUT2D eigenvalue weighted by atomic mass is 127. The van der Waals surface area contributed by atoms with E-state index in [1.165, 1.54) is 11.3 Å². The van der Waals surface area contributed by atoms with E-state index < -0.39 is 0 Å². The molecular formula is C13H8ClIN2OS. The van der Waals surface area contributed by atoms with Gasteiger partial charge in [0.05, 0.1) is 12.6 Å². The van der Waals surface area contributed by atoms with Gasteiger partial charge in [-0.3, -0.25) is 0 Å². The zero-order valence-corrected chi connectivity index (χ0v) is 13.6. The number of hydrogen-bond donors (Lipinski definition) is 0. The molecule has 0 fully saturated rings. The van der Waals surface area contributed by atoms with Crippen molar-refractivity contribution >= 4 is 56.4 Å². The minimum atomic E-state index is 0.467. The molecule has 0 radical (unpaired) electrons. The van der Waals surface area contributed by atoms with Crippen LogP contribution in [0.3, 0.4) is 0 Å². The highest BCUT2D eigenvalue weighted by Gasteiger charge is 2.13. The average molecular weight is 403 g/mol. The lowest BCUT2D eigenvalue weighted by atomic mass is 10.2. The molecule has 0 aliphatic rings. The van der Waals surface area contributed by atoms with Crippen LogP contribution in [0.2, 0.25) is 5.15 Å². The number of benzene rings is 1. The Hall–Kier alpha value is -0.920. The van der Waals surface area contributed by atoms with E-state index in [0.29, 0.717) is 11.0 Å².